The molecular weight excluding hydrogens is 348 g/mol. The minimum Gasteiger partial charge on any atom is -0.393 e. The summed E-state index contributed by atoms with van der Waals surface area (Å²) in [6.07, 6.45) is 4.70. The molecule has 1 rings (SSSR count). The standard InChI is InChI=1S/C19H32N4O4/c1-6-7-11-15(17(20)25)22(5)16-14(3)21(4)19(27)23(18(16)26)12-9-8-10-13(2)24/h11,13,24H,6-10,12H2,1-5H3,(H2,20,25)/b15-11+. The maximum absolute atomic E-state index is 13.0. The van der Waals surface area contributed by atoms with Crippen LogP contribution >= 0.6 is 0 Å². The summed E-state index contributed by atoms with van der Waals surface area (Å²) < 4.78 is 2.58. The fraction of sp³-hybridized carbons (Fsp3) is 0.632. The second-order valence-electron chi connectivity index (χ2n) is 6.88. The maximum atomic E-state index is 13.0. The number of anilines is 1. The van der Waals surface area contributed by atoms with Crippen molar-refractivity contribution in [3.63, 3.8) is 0 Å². The second kappa shape index (κ2) is 10.1. The van der Waals surface area contributed by atoms with Crippen LogP contribution < -0.4 is 21.9 Å². The monoisotopic (exact) mass is 380 g/mol. The zero-order valence-electron chi connectivity index (χ0n) is 17.0. The number of likely N-dealkylation sites (N-methyl/N-ethyl adjacent to an activating group) is 1. The third-order valence-electron chi connectivity index (χ3n) is 4.64. The van der Waals surface area contributed by atoms with Crippen LogP contribution in [0.1, 0.15) is 51.6 Å². The van der Waals surface area contributed by atoms with Gasteiger partial charge in [-0.25, -0.2) is 4.79 Å². The summed E-state index contributed by atoms with van der Waals surface area (Å²) in [6.45, 7) is 5.61. The third-order valence-corrected chi connectivity index (χ3v) is 4.64. The Kier molecular flexibility index (Phi) is 8.49. The number of aliphatic hydroxyl groups is 1. The van der Waals surface area contributed by atoms with Crippen molar-refractivity contribution >= 4 is 11.6 Å². The Morgan fingerprint density at radius 3 is 2.48 bits per heavy atom. The number of primary amides is 1. The maximum Gasteiger partial charge on any atom is 0.331 e. The number of unbranched alkanes of at least 4 members (excludes halogenated alkanes) is 2. The van der Waals surface area contributed by atoms with Crippen LogP contribution in [-0.4, -0.2) is 33.3 Å². The van der Waals surface area contributed by atoms with Gasteiger partial charge >= 0.3 is 5.69 Å². The number of rotatable bonds is 10. The van der Waals surface area contributed by atoms with Crippen molar-refractivity contribution in [3.05, 3.63) is 38.3 Å². The highest BCUT2D eigenvalue weighted by Gasteiger charge is 2.22. The van der Waals surface area contributed by atoms with Crippen molar-refractivity contribution in [2.24, 2.45) is 12.8 Å². The zero-order valence-corrected chi connectivity index (χ0v) is 17.0. The van der Waals surface area contributed by atoms with Gasteiger partial charge in [0.2, 0.25) is 0 Å². The van der Waals surface area contributed by atoms with E-state index in [9.17, 15) is 19.5 Å². The number of hydrogen-bond acceptors (Lipinski definition) is 5. The Hall–Kier alpha value is -2.35. The van der Waals surface area contributed by atoms with Gasteiger partial charge in [0.05, 0.1) is 6.10 Å². The first-order chi connectivity index (χ1) is 12.6. The van der Waals surface area contributed by atoms with Gasteiger partial charge in [0.25, 0.3) is 11.5 Å². The van der Waals surface area contributed by atoms with E-state index >= 15 is 0 Å². The average Bonchev–Trinajstić information content (AvgIpc) is 2.59. The number of hydrogen-bond donors (Lipinski definition) is 2. The molecule has 27 heavy (non-hydrogen) atoms. The van der Waals surface area contributed by atoms with Gasteiger partial charge in [-0.05, 0) is 39.5 Å². The topological polar surface area (TPSA) is 111 Å². The SMILES string of the molecule is CCC/C=C(\C(N)=O)N(C)c1c(C)n(C)c(=O)n(CCCCC(C)O)c1=O. The van der Waals surface area contributed by atoms with E-state index in [-0.39, 0.29) is 17.9 Å². The summed E-state index contributed by atoms with van der Waals surface area (Å²) in [5.41, 5.74) is 5.61. The predicted molar refractivity (Wildman–Crippen MR) is 107 cm³/mol. The molecule has 1 amide bonds. The second-order valence-corrected chi connectivity index (χ2v) is 6.88. The first-order valence-electron chi connectivity index (χ1n) is 9.35. The Labute approximate surface area is 159 Å². The molecule has 0 radical (unpaired) electrons. The molecule has 0 aromatic carbocycles. The number of allylic oxidation sites excluding steroid dienone is 1. The van der Waals surface area contributed by atoms with E-state index in [1.807, 2.05) is 6.92 Å². The van der Waals surface area contributed by atoms with E-state index in [1.54, 1.807) is 34.0 Å². The molecule has 152 valence electrons. The molecule has 1 aromatic rings. The minimum absolute atomic E-state index is 0.233. The molecule has 3 N–H and O–H groups in total. The van der Waals surface area contributed by atoms with E-state index in [1.165, 1.54) is 14.0 Å². The highest BCUT2D eigenvalue weighted by Crippen LogP contribution is 2.17. The Balaban J connectivity index is 3.37. The molecule has 0 fully saturated rings. The summed E-state index contributed by atoms with van der Waals surface area (Å²) in [5.74, 6) is -0.623. The molecule has 8 heteroatoms. The summed E-state index contributed by atoms with van der Waals surface area (Å²) in [5, 5.41) is 9.35. The lowest BCUT2D eigenvalue weighted by Crippen LogP contribution is -2.44. The van der Waals surface area contributed by atoms with Gasteiger partial charge in [-0.15, -0.1) is 0 Å². The van der Waals surface area contributed by atoms with Crippen LogP contribution in [0.4, 0.5) is 5.69 Å². The first kappa shape index (κ1) is 22.7. The molecule has 0 aliphatic heterocycles. The van der Waals surface area contributed by atoms with Crippen molar-refractivity contribution < 1.29 is 9.90 Å². The lowest BCUT2D eigenvalue weighted by molar-refractivity contribution is -0.114. The number of carbonyl (C=O) groups is 1. The number of nitrogens with zero attached hydrogens (tertiary/aromatic N) is 3. The van der Waals surface area contributed by atoms with Crippen molar-refractivity contribution in [1.82, 2.24) is 9.13 Å². The van der Waals surface area contributed by atoms with Gasteiger partial charge in [0.15, 0.2) is 0 Å². The van der Waals surface area contributed by atoms with Crippen LogP contribution in [0.5, 0.6) is 0 Å². The summed E-state index contributed by atoms with van der Waals surface area (Å²) in [7, 11) is 3.21. The molecule has 0 bridgehead atoms. The Morgan fingerprint density at radius 2 is 1.96 bits per heavy atom. The molecule has 1 unspecified atom stereocenters. The van der Waals surface area contributed by atoms with E-state index in [0.29, 0.717) is 31.4 Å². The van der Waals surface area contributed by atoms with E-state index < -0.39 is 23.3 Å². The predicted octanol–water partition coefficient (Wildman–Crippen LogP) is 1.01. The third kappa shape index (κ3) is 5.56. The van der Waals surface area contributed by atoms with Crippen LogP contribution in [0, 0.1) is 6.92 Å². The molecule has 8 nitrogen and oxygen atoms in total. The highest BCUT2D eigenvalue weighted by atomic mass is 16.3. The molecule has 0 aliphatic carbocycles. The zero-order chi connectivity index (χ0) is 20.7. The van der Waals surface area contributed by atoms with Gasteiger partial charge in [-0.3, -0.25) is 18.7 Å². The van der Waals surface area contributed by atoms with Crippen LogP contribution in [0.25, 0.3) is 0 Å². The number of aromatic nitrogens is 2. The van der Waals surface area contributed by atoms with Crippen molar-refractivity contribution in [2.45, 2.75) is 65.5 Å². The number of aliphatic hydroxyl groups excluding tert-OH is 1. The number of carbonyl (C=O) groups excluding carboxylic acids is 1. The molecule has 0 aliphatic rings. The smallest absolute Gasteiger partial charge is 0.331 e. The molecule has 0 saturated heterocycles. The van der Waals surface area contributed by atoms with Gasteiger partial charge in [0.1, 0.15) is 11.4 Å². The Bertz CT molecular complexity index is 805. The average molecular weight is 380 g/mol. The fourth-order valence-electron chi connectivity index (χ4n) is 2.95. The minimum atomic E-state index is -0.623. The summed E-state index contributed by atoms with van der Waals surface area (Å²) in [4.78, 5) is 38.9. The van der Waals surface area contributed by atoms with Gasteiger partial charge in [-0.1, -0.05) is 19.4 Å². The molecule has 0 spiro atoms. The molecular formula is C19H32N4O4. The number of nitrogens with two attached hydrogens (primary N) is 1. The van der Waals surface area contributed by atoms with Crippen molar-refractivity contribution in [2.75, 3.05) is 11.9 Å². The van der Waals surface area contributed by atoms with Crippen LogP contribution in [-0.2, 0) is 18.4 Å². The fourth-order valence-corrected chi connectivity index (χ4v) is 2.95. The normalized spacial score (nSPS) is 12.9. The van der Waals surface area contributed by atoms with Gasteiger partial charge in [-0.2, -0.15) is 0 Å². The van der Waals surface area contributed by atoms with E-state index in [2.05, 4.69) is 0 Å². The molecule has 1 aromatic heterocycles. The van der Waals surface area contributed by atoms with Crippen LogP contribution in [0.15, 0.2) is 21.4 Å². The first-order valence-corrected chi connectivity index (χ1v) is 9.35. The number of amides is 1. The van der Waals surface area contributed by atoms with E-state index in [4.69, 9.17) is 5.73 Å². The molecule has 1 atom stereocenters. The quantitative estimate of drug-likeness (QED) is 0.465. The summed E-state index contributed by atoms with van der Waals surface area (Å²) >= 11 is 0. The van der Waals surface area contributed by atoms with E-state index in [0.717, 1.165) is 6.42 Å². The summed E-state index contributed by atoms with van der Waals surface area (Å²) in [6, 6.07) is 0. The van der Waals surface area contributed by atoms with Gasteiger partial charge in [0, 0.05) is 26.3 Å². The van der Waals surface area contributed by atoms with Crippen molar-refractivity contribution in [3.8, 4) is 0 Å². The Morgan fingerprint density at radius 1 is 1.33 bits per heavy atom. The molecule has 0 saturated carbocycles. The lowest BCUT2D eigenvalue weighted by Gasteiger charge is -2.24. The van der Waals surface area contributed by atoms with Gasteiger partial charge < -0.3 is 15.7 Å². The molecule has 1 heterocycles. The van der Waals surface area contributed by atoms with Crippen molar-refractivity contribution in [1.29, 1.82) is 0 Å². The highest BCUT2D eigenvalue weighted by molar-refractivity contribution is 5.95. The van der Waals surface area contributed by atoms with Crippen LogP contribution in [0.2, 0.25) is 0 Å². The largest absolute Gasteiger partial charge is 0.393 e. The van der Waals surface area contributed by atoms with Crippen LogP contribution in [0.3, 0.4) is 0 Å². The lowest BCUT2D eigenvalue weighted by atomic mass is 10.2.